The van der Waals surface area contributed by atoms with Crippen molar-refractivity contribution in [1.29, 1.82) is 0 Å². The maximum atomic E-state index is 13.1. The van der Waals surface area contributed by atoms with Gasteiger partial charge in [-0.15, -0.1) is 0 Å². The number of esters is 2. The lowest BCUT2D eigenvalue weighted by Gasteiger charge is -2.41. The van der Waals surface area contributed by atoms with E-state index in [1.165, 1.54) is 103 Å². The van der Waals surface area contributed by atoms with Crippen LogP contribution in [0.5, 0.6) is 0 Å². The number of unbranched alkanes of at least 4 members (excludes halogenated alkanes) is 26. The lowest BCUT2D eigenvalue weighted by Crippen LogP contribution is -2.64. The predicted octanol–water partition coefficient (Wildman–Crippen LogP) is 10.1. The van der Waals surface area contributed by atoms with Gasteiger partial charge in [0.25, 0.3) is 0 Å². The molecule has 1 aliphatic carbocycles. The monoisotopic (exact) mass is 934 g/mol. The SMILES string of the molecule is CCCCCCCC/C=C\CCCCCCCCC(=O)O[C@@H](COP(=O)(O)OC1[C@H](O)[C@H](O)C(O)[C@H](O)[C@H]1O)[C@H](CN=[N+]=[N-])OC(=O)CCCCCCCCCCCCCCCCC. The Bertz CT molecular complexity index is 1290. The standard InChI is InChI=1S/C47H88N3O13P/c1-3-5-7-9-11-13-15-17-19-21-23-25-27-29-31-33-35-41(52)62-39(37-60-64(58,59)63-47-45(56)43(54)42(53)44(55)46(47)57)38(36-49-50-48)61-40(51)34-32-30-28-26-24-22-20-18-16-14-12-10-8-6-4-2/h17,19,38-39,42-47,53-57H,3-16,18,20-37H2,1-2H3,(H,58,59)/b19-17-/t38-,39-,42?,43-,44+,45+,46+,47?/m0/s1. The first kappa shape index (κ1) is 59.9. The molecule has 16 nitrogen and oxygen atoms in total. The van der Waals surface area contributed by atoms with Crippen molar-refractivity contribution < 1.29 is 63.1 Å². The molecule has 1 aliphatic rings. The van der Waals surface area contributed by atoms with Crippen molar-refractivity contribution in [2.45, 2.75) is 262 Å². The van der Waals surface area contributed by atoms with Gasteiger partial charge < -0.3 is 39.9 Å². The molecule has 1 saturated carbocycles. The molecule has 0 amide bonds. The Morgan fingerprint density at radius 2 is 0.906 bits per heavy atom. The van der Waals surface area contributed by atoms with E-state index in [2.05, 4.69) is 36.0 Å². The second-order valence-corrected chi connectivity index (χ2v) is 19.1. The lowest BCUT2D eigenvalue weighted by atomic mass is 9.85. The molecule has 17 heteroatoms. The minimum atomic E-state index is -5.27. The van der Waals surface area contributed by atoms with Gasteiger partial charge in [-0.1, -0.05) is 179 Å². The number of phosphoric ester groups is 1. The zero-order valence-corrected chi connectivity index (χ0v) is 40.3. The molecule has 374 valence electrons. The Balaban J connectivity index is 2.68. The second kappa shape index (κ2) is 38.9. The number of hydrogen-bond donors (Lipinski definition) is 6. The average molecular weight is 934 g/mol. The van der Waals surface area contributed by atoms with Crippen molar-refractivity contribution in [3.63, 3.8) is 0 Å². The maximum absolute atomic E-state index is 13.1. The molecule has 6 N–H and O–H groups in total. The van der Waals surface area contributed by atoms with Crippen LogP contribution in [0.3, 0.4) is 0 Å². The third-order valence-corrected chi connectivity index (χ3v) is 12.9. The summed E-state index contributed by atoms with van der Waals surface area (Å²) < 4.78 is 34.3. The molecule has 9 atom stereocenters. The van der Waals surface area contributed by atoms with E-state index < -0.39 is 81.7 Å². The molecule has 64 heavy (non-hydrogen) atoms. The number of phosphoric acid groups is 1. The largest absolute Gasteiger partial charge is 0.472 e. The highest BCUT2D eigenvalue weighted by molar-refractivity contribution is 7.47. The second-order valence-electron chi connectivity index (χ2n) is 17.6. The quantitative estimate of drug-likeness (QED) is 0.00634. The van der Waals surface area contributed by atoms with Gasteiger partial charge in [0.1, 0.15) is 42.7 Å². The normalized spacial score (nSPS) is 21.9. The van der Waals surface area contributed by atoms with Gasteiger partial charge in [-0.2, -0.15) is 0 Å². The van der Waals surface area contributed by atoms with Gasteiger partial charge >= 0.3 is 19.8 Å². The van der Waals surface area contributed by atoms with Crippen LogP contribution < -0.4 is 0 Å². The summed E-state index contributed by atoms with van der Waals surface area (Å²) in [6.07, 6.45) is 22.1. The smallest absolute Gasteiger partial charge is 0.458 e. The zero-order valence-electron chi connectivity index (χ0n) is 39.4. The molecule has 0 spiro atoms. The summed E-state index contributed by atoms with van der Waals surface area (Å²) in [5.41, 5.74) is 9.09. The minimum Gasteiger partial charge on any atom is -0.458 e. The number of ether oxygens (including phenoxy) is 2. The van der Waals surface area contributed by atoms with Gasteiger partial charge in [-0.05, 0) is 44.1 Å². The van der Waals surface area contributed by atoms with Crippen LogP contribution in [0, 0.1) is 0 Å². The van der Waals surface area contributed by atoms with E-state index in [9.17, 15) is 44.6 Å². The van der Waals surface area contributed by atoms with Gasteiger partial charge in [0.15, 0.2) is 6.10 Å². The van der Waals surface area contributed by atoms with E-state index in [1.807, 2.05) is 0 Å². The molecular formula is C47H88N3O13P. The Kier molecular flexibility index (Phi) is 36.5. The van der Waals surface area contributed by atoms with Crippen LogP contribution in [0.15, 0.2) is 17.3 Å². The first-order valence-electron chi connectivity index (χ1n) is 25.0. The summed E-state index contributed by atoms with van der Waals surface area (Å²) in [7, 11) is -5.27. The number of aliphatic hydroxyl groups is 5. The topological polar surface area (TPSA) is 258 Å². The Labute approximate surface area is 384 Å². The summed E-state index contributed by atoms with van der Waals surface area (Å²) >= 11 is 0. The zero-order chi connectivity index (χ0) is 47.3. The molecule has 3 unspecified atom stereocenters. The fraction of sp³-hybridized carbons (Fsp3) is 0.915. The number of rotatable bonds is 42. The summed E-state index contributed by atoms with van der Waals surface area (Å²) in [5, 5.41) is 54.1. The number of hydrogen-bond acceptors (Lipinski definition) is 13. The molecule has 1 rings (SSSR count). The highest BCUT2D eigenvalue weighted by atomic mass is 31.2. The van der Waals surface area contributed by atoms with E-state index in [-0.39, 0.29) is 12.8 Å². The van der Waals surface area contributed by atoms with Crippen molar-refractivity contribution in [1.82, 2.24) is 0 Å². The molecule has 0 radical (unpaired) electrons. The molecule has 0 bridgehead atoms. The number of carbonyl (C=O) groups is 2. The van der Waals surface area contributed by atoms with Crippen LogP contribution in [-0.2, 0) is 32.7 Å². The van der Waals surface area contributed by atoms with Crippen molar-refractivity contribution >= 4 is 19.8 Å². The lowest BCUT2D eigenvalue weighted by molar-refractivity contribution is -0.220. The summed E-state index contributed by atoms with van der Waals surface area (Å²) in [6, 6.07) is 0. The Hall–Kier alpha value is -2.10. The minimum absolute atomic E-state index is 0.00909. The van der Waals surface area contributed by atoms with Gasteiger partial charge in [-0.3, -0.25) is 18.6 Å². The fourth-order valence-electron chi connectivity index (χ4n) is 7.85. The highest BCUT2D eigenvalue weighted by Crippen LogP contribution is 2.47. The average Bonchev–Trinajstić information content (AvgIpc) is 3.27. The van der Waals surface area contributed by atoms with Crippen LogP contribution in [0.25, 0.3) is 10.4 Å². The Morgan fingerprint density at radius 1 is 0.562 bits per heavy atom. The molecule has 1 fully saturated rings. The molecule has 0 aliphatic heterocycles. The number of allylic oxidation sites excluding steroid dienone is 2. The fourth-order valence-corrected chi connectivity index (χ4v) is 8.80. The van der Waals surface area contributed by atoms with E-state index in [0.29, 0.717) is 12.8 Å². The van der Waals surface area contributed by atoms with E-state index >= 15 is 0 Å². The first-order valence-corrected chi connectivity index (χ1v) is 26.5. The number of nitrogens with zero attached hydrogens (tertiary/aromatic N) is 3. The summed E-state index contributed by atoms with van der Waals surface area (Å²) in [5.74, 6) is -1.36. The molecule has 0 saturated heterocycles. The van der Waals surface area contributed by atoms with E-state index in [1.54, 1.807) is 0 Å². The van der Waals surface area contributed by atoms with Crippen molar-refractivity contribution in [2.24, 2.45) is 5.11 Å². The van der Waals surface area contributed by atoms with Crippen LogP contribution in [0.1, 0.15) is 213 Å². The number of aliphatic hydroxyl groups excluding tert-OH is 5. The first-order chi connectivity index (χ1) is 30.9. The number of azide groups is 1. The van der Waals surface area contributed by atoms with Crippen molar-refractivity contribution in [3.05, 3.63) is 22.6 Å². The Morgan fingerprint density at radius 3 is 1.30 bits per heavy atom. The molecule has 0 aromatic carbocycles. The number of carbonyl (C=O) groups excluding carboxylic acids is 2. The van der Waals surface area contributed by atoms with Gasteiger partial charge in [0, 0.05) is 17.8 Å². The summed E-state index contributed by atoms with van der Waals surface area (Å²) in [6.45, 7) is 3.06. The maximum Gasteiger partial charge on any atom is 0.472 e. The predicted molar refractivity (Wildman–Crippen MR) is 248 cm³/mol. The molecular weight excluding hydrogens is 845 g/mol. The van der Waals surface area contributed by atoms with Gasteiger partial charge in [-0.25, -0.2) is 4.57 Å². The van der Waals surface area contributed by atoms with Crippen molar-refractivity contribution in [2.75, 3.05) is 13.2 Å². The van der Waals surface area contributed by atoms with Crippen LogP contribution in [0.4, 0.5) is 0 Å². The van der Waals surface area contributed by atoms with Gasteiger partial charge in [0.2, 0.25) is 0 Å². The van der Waals surface area contributed by atoms with Crippen molar-refractivity contribution in [3.8, 4) is 0 Å². The molecule has 0 aromatic rings. The van der Waals surface area contributed by atoms with Crippen LogP contribution in [-0.4, -0.2) is 104 Å². The summed E-state index contributed by atoms with van der Waals surface area (Å²) in [4.78, 5) is 39.4. The van der Waals surface area contributed by atoms with Crippen LogP contribution >= 0.6 is 7.82 Å². The third-order valence-electron chi connectivity index (χ3n) is 11.9. The van der Waals surface area contributed by atoms with E-state index in [0.717, 1.165) is 70.6 Å². The molecule has 0 aromatic heterocycles. The highest BCUT2D eigenvalue weighted by Gasteiger charge is 2.51. The van der Waals surface area contributed by atoms with Crippen LogP contribution in [0.2, 0.25) is 0 Å². The molecule has 0 heterocycles. The van der Waals surface area contributed by atoms with E-state index in [4.69, 9.17) is 24.1 Å². The van der Waals surface area contributed by atoms with Gasteiger partial charge in [0.05, 0.1) is 13.2 Å². The third kappa shape index (κ3) is 29.5.